The number of aliphatic hydroxyl groups excluding tert-OH is 1. The van der Waals surface area contributed by atoms with E-state index in [1.54, 1.807) is 17.2 Å². The molecule has 1 fully saturated rings. The van der Waals surface area contributed by atoms with E-state index in [-0.39, 0.29) is 18.6 Å². The van der Waals surface area contributed by atoms with E-state index in [9.17, 15) is 9.90 Å². The number of hydrogen-bond donors (Lipinski definition) is 1. The zero-order chi connectivity index (χ0) is 13.1. The monoisotopic (exact) mass is 249 g/mol. The normalized spacial score (nSPS) is 19.1. The Morgan fingerprint density at radius 1 is 1.56 bits per heavy atom. The van der Waals surface area contributed by atoms with Crippen LogP contribution in [-0.2, 0) is 0 Å². The molecule has 2 rings (SSSR count). The number of aliphatic hydroxyl groups is 1. The minimum Gasteiger partial charge on any atom is -0.394 e. The van der Waals surface area contributed by atoms with E-state index in [0.29, 0.717) is 5.56 Å². The van der Waals surface area contributed by atoms with E-state index in [4.69, 9.17) is 0 Å². The molecule has 1 unspecified atom stereocenters. The lowest BCUT2D eigenvalue weighted by molar-refractivity contribution is 0.0677. The van der Waals surface area contributed by atoms with Crippen molar-refractivity contribution in [1.82, 2.24) is 9.88 Å². The Morgan fingerprint density at radius 2 is 2.33 bits per heavy atom. The number of anilines is 1. The number of aromatic nitrogens is 1. The first-order valence-corrected chi connectivity index (χ1v) is 6.18. The standard InChI is InChI=1S/C13H19N3O2/c1-15(2)12-6-5-10(8-14-12)13(18)16-7-3-4-11(16)9-17/h5-6,8,11,17H,3-4,7,9H2,1-2H3. The van der Waals surface area contributed by atoms with Gasteiger partial charge in [-0.05, 0) is 25.0 Å². The summed E-state index contributed by atoms with van der Waals surface area (Å²) in [5.74, 6) is 0.788. The number of pyridine rings is 1. The first-order chi connectivity index (χ1) is 8.63. The SMILES string of the molecule is CN(C)c1ccc(C(=O)N2CCCC2CO)cn1. The van der Waals surface area contributed by atoms with Crippen LogP contribution >= 0.6 is 0 Å². The van der Waals surface area contributed by atoms with Gasteiger partial charge in [0.15, 0.2) is 0 Å². The van der Waals surface area contributed by atoms with Gasteiger partial charge in [-0.15, -0.1) is 0 Å². The molecule has 5 heteroatoms. The fourth-order valence-corrected chi connectivity index (χ4v) is 2.24. The molecule has 0 aromatic carbocycles. The Morgan fingerprint density at radius 3 is 2.89 bits per heavy atom. The van der Waals surface area contributed by atoms with Gasteiger partial charge in [0.25, 0.3) is 5.91 Å². The largest absolute Gasteiger partial charge is 0.394 e. The Labute approximate surface area is 107 Å². The molecule has 1 aliphatic heterocycles. The van der Waals surface area contributed by atoms with Gasteiger partial charge in [-0.25, -0.2) is 4.98 Å². The summed E-state index contributed by atoms with van der Waals surface area (Å²) in [5, 5.41) is 9.23. The lowest BCUT2D eigenvalue weighted by atomic mass is 10.2. The highest BCUT2D eigenvalue weighted by molar-refractivity contribution is 5.94. The number of rotatable bonds is 3. The molecule has 0 saturated carbocycles. The molecule has 1 aromatic heterocycles. The first kappa shape index (κ1) is 12.8. The minimum atomic E-state index is -0.0376. The van der Waals surface area contributed by atoms with Crippen molar-refractivity contribution in [1.29, 1.82) is 0 Å². The molecular formula is C13H19N3O2. The molecule has 1 aromatic rings. The molecule has 1 aliphatic rings. The van der Waals surface area contributed by atoms with E-state index >= 15 is 0 Å². The molecule has 1 N–H and O–H groups in total. The van der Waals surface area contributed by atoms with E-state index in [1.807, 2.05) is 25.1 Å². The van der Waals surface area contributed by atoms with Crippen LogP contribution < -0.4 is 4.90 Å². The summed E-state index contributed by atoms with van der Waals surface area (Å²) in [6.45, 7) is 0.758. The van der Waals surface area contributed by atoms with Crippen molar-refractivity contribution in [3.05, 3.63) is 23.9 Å². The summed E-state index contributed by atoms with van der Waals surface area (Å²) in [6.07, 6.45) is 3.44. The topological polar surface area (TPSA) is 56.7 Å². The lowest BCUT2D eigenvalue weighted by Crippen LogP contribution is -2.37. The van der Waals surface area contributed by atoms with Gasteiger partial charge in [0.1, 0.15) is 5.82 Å². The summed E-state index contributed by atoms with van der Waals surface area (Å²) >= 11 is 0. The highest BCUT2D eigenvalue weighted by Gasteiger charge is 2.28. The molecule has 0 bridgehead atoms. The molecule has 0 aliphatic carbocycles. The summed E-state index contributed by atoms with van der Waals surface area (Å²) in [4.78, 5) is 20.1. The fourth-order valence-electron chi connectivity index (χ4n) is 2.24. The molecule has 1 saturated heterocycles. The Balaban J connectivity index is 2.13. The lowest BCUT2D eigenvalue weighted by Gasteiger charge is -2.23. The second-order valence-electron chi connectivity index (χ2n) is 4.78. The van der Waals surface area contributed by atoms with Crippen molar-refractivity contribution >= 4 is 11.7 Å². The van der Waals surface area contributed by atoms with Gasteiger partial charge in [-0.2, -0.15) is 0 Å². The van der Waals surface area contributed by atoms with Crippen LogP contribution in [0.25, 0.3) is 0 Å². The highest BCUT2D eigenvalue weighted by Crippen LogP contribution is 2.20. The Hall–Kier alpha value is -1.62. The number of amides is 1. The van der Waals surface area contributed by atoms with Crippen LogP contribution in [0.4, 0.5) is 5.82 Å². The second kappa shape index (κ2) is 5.35. The van der Waals surface area contributed by atoms with Crippen LogP contribution in [0.5, 0.6) is 0 Å². The van der Waals surface area contributed by atoms with Gasteiger partial charge in [-0.3, -0.25) is 4.79 Å². The molecule has 1 amide bonds. The van der Waals surface area contributed by atoms with E-state index in [2.05, 4.69) is 4.98 Å². The molecule has 0 radical (unpaired) electrons. The Bertz CT molecular complexity index is 417. The molecule has 1 atom stereocenters. The summed E-state index contributed by atoms with van der Waals surface area (Å²) < 4.78 is 0. The van der Waals surface area contributed by atoms with E-state index in [0.717, 1.165) is 25.2 Å². The zero-order valence-corrected chi connectivity index (χ0v) is 10.8. The van der Waals surface area contributed by atoms with E-state index in [1.165, 1.54) is 0 Å². The third-order valence-corrected chi connectivity index (χ3v) is 3.30. The summed E-state index contributed by atoms with van der Waals surface area (Å²) in [5.41, 5.74) is 0.584. The van der Waals surface area contributed by atoms with Gasteiger partial charge >= 0.3 is 0 Å². The Kier molecular flexibility index (Phi) is 3.81. The third-order valence-electron chi connectivity index (χ3n) is 3.30. The van der Waals surface area contributed by atoms with Crippen molar-refractivity contribution in [2.75, 3.05) is 32.1 Å². The van der Waals surface area contributed by atoms with Crippen molar-refractivity contribution in [3.8, 4) is 0 Å². The molecular weight excluding hydrogens is 230 g/mol. The van der Waals surface area contributed by atoms with Gasteiger partial charge in [0.2, 0.25) is 0 Å². The smallest absolute Gasteiger partial charge is 0.255 e. The molecule has 2 heterocycles. The zero-order valence-electron chi connectivity index (χ0n) is 10.8. The summed E-state index contributed by atoms with van der Waals surface area (Å²) in [7, 11) is 3.82. The van der Waals surface area contributed by atoms with Crippen LogP contribution in [0.15, 0.2) is 18.3 Å². The molecule has 18 heavy (non-hydrogen) atoms. The maximum atomic E-state index is 12.3. The second-order valence-corrected chi connectivity index (χ2v) is 4.78. The predicted molar refractivity (Wildman–Crippen MR) is 69.7 cm³/mol. The van der Waals surface area contributed by atoms with Crippen LogP contribution in [0.2, 0.25) is 0 Å². The van der Waals surface area contributed by atoms with Crippen LogP contribution in [-0.4, -0.2) is 54.2 Å². The summed E-state index contributed by atoms with van der Waals surface area (Å²) in [6, 6.07) is 3.58. The van der Waals surface area contributed by atoms with Gasteiger partial charge in [-0.1, -0.05) is 0 Å². The third kappa shape index (κ3) is 2.46. The number of carbonyl (C=O) groups excluding carboxylic acids is 1. The average Bonchev–Trinajstić information content (AvgIpc) is 2.86. The van der Waals surface area contributed by atoms with Gasteiger partial charge < -0.3 is 14.9 Å². The number of nitrogens with zero attached hydrogens (tertiary/aromatic N) is 3. The number of likely N-dealkylation sites (tertiary alicyclic amines) is 1. The van der Waals surface area contributed by atoms with Crippen molar-refractivity contribution in [3.63, 3.8) is 0 Å². The maximum Gasteiger partial charge on any atom is 0.255 e. The molecule has 0 spiro atoms. The minimum absolute atomic E-state index is 0.0361. The van der Waals surface area contributed by atoms with Crippen LogP contribution in [0.1, 0.15) is 23.2 Å². The average molecular weight is 249 g/mol. The number of carbonyl (C=O) groups is 1. The number of hydrogen-bond acceptors (Lipinski definition) is 4. The predicted octanol–water partition coefficient (Wildman–Crippen LogP) is 0.744. The van der Waals surface area contributed by atoms with Crippen molar-refractivity contribution in [2.45, 2.75) is 18.9 Å². The van der Waals surface area contributed by atoms with Gasteiger partial charge in [0.05, 0.1) is 18.2 Å². The van der Waals surface area contributed by atoms with Crippen LogP contribution in [0, 0.1) is 0 Å². The van der Waals surface area contributed by atoms with Crippen molar-refractivity contribution < 1.29 is 9.90 Å². The van der Waals surface area contributed by atoms with Gasteiger partial charge in [0, 0.05) is 26.8 Å². The van der Waals surface area contributed by atoms with Crippen LogP contribution in [0.3, 0.4) is 0 Å². The maximum absolute atomic E-state index is 12.3. The highest BCUT2D eigenvalue weighted by atomic mass is 16.3. The molecule has 98 valence electrons. The van der Waals surface area contributed by atoms with E-state index < -0.39 is 0 Å². The first-order valence-electron chi connectivity index (χ1n) is 6.18. The fraction of sp³-hybridized carbons (Fsp3) is 0.538. The quantitative estimate of drug-likeness (QED) is 0.858. The van der Waals surface area contributed by atoms with Crippen molar-refractivity contribution in [2.24, 2.45) is 0 Å². The molecule has 5 nitrogen and oxygen atoms in total.